The van der Waals surface area contributed by atoms with Crippen LogP contribution in [0, 0.1) is 11.8 Å². The van der Waals surface area contributed by atoms with E-state index in [1.54, 1.807) is 33.1 Å². The zero-order chi connectivity index (χ0) is 26.1. The Morgan fingerprint density at radius 2 is 1.80 bits per heavy atom. The van der Waals surface area contributed by atoms with Crippen LogP contribution in [0.1, 0.15) is 32.7 Å². The first-order valence-electron chi connectivity index (χ1n) is 10.9. The summed E-state index contributed by atoms with van der Waals surface area (Å²) in [4.78, 5) is 53.6. The number of nitrogens with two attached hydrogens (primary N) is 1. The molecular weight excluding hydrogens is 458 g/mol. The maximum atomic E-state index is 13.6. The molecule has 4 atom stereocenters. The van der Waals surface area contributed by atoms with Crippen LogP contribution < -0.4 is 10.6 Å². The lowest BCUT2D eigenvalue weighted by atomic mass is 9.58. The molecule has 3 aliphatic carbocycles. The number of carbonyl (C=O) groups excluding carboxylic acids is 4. The van der Waals surface area contributed by atoms with E-state index >= 15 is 0 Å². The second-order valence-corrected chi connectivity index (χ2v) is 9.66. The van der Waals surface area contributed by atoms with E-state index in [4.69, 9.17) is 5.73 Å². The maximum absolute atomic E-state index is 13.6. The fourth-order valence-corrected chi connectivity index (χ4v) is 5.81. The van der Waals surface area contributed by atoms with Crippen LogP contribution in [0.4, 0.5) is 5.69 Å². The molecular formula is C24H27N3O8. The van der Waals surface area contributed by atoms with Crippen molar-refractivity contribution in [1.29, 1.82) is 0 Å². The summed E-state index contributed by atoms with van der Waals surface area (Å²) in [7, 11) is 6.56. The van der Waals surface area contributed by atoms with Gasteiger partial charge in [0.05, 0.1) is 17.2 Å². The Morgan fingerprint density at radius 3 is 2.31 bits per heavy atom. The average Bonchev–Trinajstić information content (AvgIpc) is 2.75. The molecule has 1 aromatic carbocycles. The summed E-state index contributed by atoms with van der Waals surface area (Å²) >= 11 is 0. The first-order chi connectivity index (χ1) is 16.3. The second kappa shape index (κ2) is 7.92. The van der Waals surface area contributed by atoms with E-state index in [1.165, 1.54) is 11.0 Å². The number of fused-ring (bicyclic) bond motifs is 3. The van der Waals surface area contributed by atoms with Crippen LogP contribution in [0.5, 0.6) is 5.75 Å². The van der Waals surface area contributed by atoms with Crippen LogP contribution in [0.15, 0.2) is 28.7 Å². The number of hydrogen-bond donors (Lipinski definition) is 5. The molecule has 0 spiro atoms. The Kier molecular flexibility index (Phi) is 5.53. The largest absolute Gasteiger partial charge is 0.510 e. The molecule has 0 aliphatic heterocycles. The van der Waals surface area contributed by atoms with Crippen LogP contribution >= 0.6 is 0 Å². The predicted molar refractivity (Wildman–Crippen MR) is 123 cm³/mol. The minimum atomic E-state index is -2.70. The highest BCUT2D eigenvalue weighted by atomic mass is 16.3. The van der Waals surface area contributed by atoms with Gasteiger partial charge in [0.1, 0.15) is 22.8 Å². The van der Waals surface area contributed by atoms with Crippen molar-refractivity contribution in [2.45, 2.75) is 24.5 Å². The third-order valence-corrected chi connectivity index (χ3v) is 7.34. The fourth-order valence-electron chi connectivity index (χ4n) is 5.81. The smallest absolute Gasteiger partial charge is 0.255 e. The highest BCUT2D eigenvalue weighted by molar-refractivity contribution is 6.25. The van der Waals surface area contributed by atoms with Crippen molar-refractivity contribution in [3.8, 4) is 5.75 Å². The fraction of sp³-hybridized carbons (Fsp3) is 0.417. The van der Waals surface area contributed by atoms with Crippen LogP contribution in [-0.2, 0) is 16.0 Å². The third kappa shape index (κ3) is 3.11. The number of benzene rings is 1. The molecule has 3 aliphatic rings. The van der Waals surface area contributed by atoms with Gasteiger partial charge in [-0.25, -0.2) is 0 Å². The Morgan fingerprint density at radius 1 is 1.17 bits per heavy atom. The number of phenols is 1. The van der Waals surface area contributed by atoms with Crippen LogP contribution in [0.2, 0.25) is 0 Å². The SMILES string of the molecule is CN(C)c1cc(C=O)c(O)c2c1CC1CC3C(N(C)C)C(O)=C(C(N)=O)C(=O)C3(O)C(O)=C1C2=O. The predicted octanol–water partition coefficient (Wildman–Crippen LogP) is -0.000900. The Bertz CT molecular complexity index is 1260. The van der Waals surface area contributed by atoms with E-state index in [0.717, 1.165) is 0 Å². The molecule has 0 aromatic heterocycles. The van der Waals surface area contributed by atoms with E-state index in [-0.39, 0.29) is 29.5 Å². The number of hydrogen-bond acceptors (Lipinski definition) is 10. The van der Waals surface area contributed by atoms with Gasteiger partial charge in [0.25, 0.3) is 5.91 Å². The summed E-state index contributed by atoms with van der Waals surface area (Å²) in [5.41, 5.74) is 2.14. The number of phenolic OH excluding ortho intramolecular Hbond substituents is 1. The molecule has 4 rings (SSSR count). The quantitative estimate of drug-likeness (QED) is 0.287. The van der Waals surface area contributed by atoms with Crippen molar-refractivity contribution in [1.82, 2.24) is 4.90 Å². The molecule has 0 saturated carbocycles. The van der Waals surface area contributed by atoms with Crippen LogP contribution in [0.25, 0.3) is 0 Å². The van der Waals surface area contributed by atoms with Gasteiger partial charge in [-0.15, -0.1) is 0 Å². The molecule has 1 amide bonds. The van der Waals surface area contributed by atoms with Crippen LogP contribution in [-0.4, -0.2) is 88.9 Å². The number of aliphatic hydroxyl groups excluding tert-OH is 2. The number of anilines is 1. The molecule has 186 valence electrons. The monoisotopic (exact) mass is 485 g/mol. The molecule has 4 unspecified atom stereocenters. The molecule has 0 saturated heterocycles. The van der Waals surface area contributed by atoms with Gasteiger partial charge >= 0.3 is 0 Å². The highest BCUT2D eigenvalue weighted by Crippen LogP contribution is 2.53. The molecule has 35 heavy (non-hydrogen) atoms. The van der Waals surface area contributed by atoms with Crippen molar-refractivity contribution in [3.63, 3.8) is 0 Å². The molecule has 1 aromatic rings. The number of likely N-dealkylation sites (N-methyl/N-ethyl adjacent to an activating group) is 1. The van der Waals surface area contributed by atoms with Crippen molar-refractivity contribution >= 4 is 29.4 Å². The number of aldehydes is 1. The molecule has 0 fully saturated rings. The molecule has 0 radical (unpaired) electrons. The number of ketones is 2. The summed E-state index contributed by atoms with van der Waals surface area (Å²) < 4.78 is 0. The van der Waals surface area contributed by atoms with Crippen LogP contribution in [0.3, 0.4) is 0 Å². The number of Topliss-reactive ketones (excluding diaryl/α,β-unsaturated/α-hetero) is 2. The van der Waals surface area contributed by atoms with E-state index in [2.05, 4.69) is 0 Å². The molecule has 0 heterocycles. The molecule has 6 N–H and O–H groups in total. The number of amides is 1. The summed E-state index contributed by atoms with van der Waals surface area (Å²) in [5.74, 6) is -7.32. The second-order valence-electron chi connectivity index (χ2n) is 9.66. The van der Waals surface area contributed by atoms with Crippen molar-refractivity contribution in [3.05, 3.63) is 45.4 Å². The Labute approximate surface area is 200 Å². The van der Waals surface area contributed by atoms with Gasteiger partial charge in [0.15, 0.2) is 17.7 Å². The van der Waals surface area contributed by atoms with Crippen molar-refractivity contribution in [2.75, 3.05) is 33.1 Å². The lowest BCUT2D eigenvalue weighted by Gasteiger charge is -2.50. The van der Waals surface area contributed by atoms with Gasteiger partial charge < -0.3 is 31.1 Å². The minimum absolute atomic E-state index is 0.00513. The number of allylic oxidation sites excluding steroid dienone is 1. The number of rotatable bonds is 4. The van der Waals surface area contributed by atoms with Gasteiger partial charge in [-0.3, -0.25) is 24.1 Å². The normalized spacial score (nSPS) is 28.0. The number of primary amides is 1. The summed E-state index contributed by atoms with van der Waals surface area (Å²) in [6, 6.07) is 0.405. The van der Waals surface area contributed by atoms with Crippen molar-refractivity contribution < 1.29 is 39.6 Å². The number of carbonyl (C=O) groups is 4. The zero-order valence-electron chi connectivity index (χ0n) is 19.7. The lowest BCUT2D eigenvalue weighted by molar-refractivity contribution is -0.148. The number of nitrogens with zero attached hydrogens (tertiary/aromatic N) is 2. The third-order valence-electron chi connectivity index (χ3n) is 7.34. The van der Waals surface area contributed by atoms with Gasteiger partial charge in [-0.1, -0.05) is 0 Å². The summed E-state index contributed by atoms with van der Waals surface area (Å²) in [6.07, 6.45) is 0.545. The average molecular weight is 485 g/mol. The van der Waals surface area contributed by atoms with Gasteiger partial charge in [0, 0.05) is 31.3 Å². The topological polar surface area (TPSA) is 182 Å². The van der Waals surface area contributed by atoms with Gasteiger partial charge in [-0.05, 0) is 44.5 Å². The first kappa shape index (κ1) is 24.4. The van der Waals surface area contributed by atoms with Crippen molar-refractivity contribution in [2.24, 2.45) is 17.6 Å². The lowest BCUT2D eigenvalue weighted by Crippen LogP contribution is -2.63. The first-order valence-corrected chi connectivity index (χ1v) is 10.9. The zero-order valence-corrected chi connectivity index (χ0v) is 19.7. The summed E-state index contributed by atoms with van der Waals surface area (Å²) in [6.45, 7) is 0. The number of aromatic hydroxyl groups is 1. The van der Waals surface area contributed by atoms with E-state index in [1.807, 2.05) is 0 Å². The molecule has 11 heteroatoms. The van der Waals surface area contributed by atoms with Gasteiger partial charge in [-0.2, -0.15) is 0 Å². The standard InChI is InChI=1S/C24H27N3O8/c1-26(2)13-7-10(8-28)18(29)15-11(13)5-9-6-12-17(27(3)4)20(31)16(23(25)34)22(33)24(12,35)21(32)14(9)19(15)30/h7-9,12,17,29,31-32,35H,5-6H2,1-4H3,(H2,25,34). The summed E-state index contributed by atoms with van der Waals surface area (Å²) in [5, 5.41) is 44.3. The number of aliphatic hydroxyl groups is 3. The molecule has 0 bridgehead atoms. The highest BCUT2D eigenvalue weighted by Gasteiger charge is 2.63. The maximum Gasteiger partial charge on any atom is 0.255 e. The van der Waals surface area contributed by atoms with E-state index in [9.17, 15) is 39.6 Å². The molecule has 11 nitrogen and oxygen atoms in total. The van der Waals surface area contributed by atoms with E-state index < -0.39 is 63.8 Å². The van der Waals surface area contributed by atoms with E-state index in [0.29, 0.717) is 17.5 Å². The van der Waals surface area contributed by atoms with Gasteiger partial charge in [0.2, 0.25) is 5.78 Å². The Balaban J connectivity index is 2.01. The Hall–Kier alpha value is -3.70. The minimum Gasteiger partial charge on any atom is -0.510 e.